The highest BCUT2D eigenvalue weighted by atomic mass is 16.5. The number of methoxy groups -OCH3 is 2. The van der Waals surface area contributed by atoms with E-state index in [1.165, 1.54) is 5.56 Å². The number of aryl methyl sites for hydroxylation is 1. The lowest BCUT2D eigenvalue weighted by molar-refractivity contribution is 0.391. The Hall–Kier alpha value is -1.44. The zero-order chi connectivity index (χ0) is 10.4. The third-order valence-electron chi connectivity index (χ3n) is 2.11. The first-order valence-electron chi connectivity index (χ1n) is 4.63. The van der Waals surface area contributed by atoms with Crippen LogP contribution in [-0.2, 0) is 6.42 Å². The summed E-state index contributed by atoms with van der Waals surface area (Å²) in [5.74, 6) is 1.70. The number of hydrogen-bond donors (Lipinski definition) is 0. The number of hydrogen-bond acceptors (Lipinski definition) is 2. The maximum Gasteiger partial charge on any atom is 0.125 e. The van der Waals surface area contributed by atoms with Gasteiger partial charge in [0, 0.05) is 6.07 Å². The highest BCUT2D eigenvalue weighted by Gasteiger charge is 2.03. The molecule has 76 valence electrons. The Morgan fingerprint density at radius 2 is 2.07 bits per heavy atom. The van der Waals surface area contributed by atoms with Gasteiger partial charge in [-0.25, -0.2) is 0 Å². The van der Waals surface area contributed by atoms with Crippen LogP contribution in [0, 0.1) is 0 Å². The van der Waals surface area contributed by atoms with E-state index in [0.29, 0.717) is 0 Å². The van der Waals surface area contributed by atoms with Crippen LogP contribution in [0.5, 0.6) is 11.5 Å². The maximum atomic E-state index is 5.27. The minimum atomic E-state index is 0.823. The minimum absolute atomic E-state index is 0.823. The van der Waals surface area contributed by atoms with E-state index in [1.807, 2.05) is 24.3 Å². The van der Waals surface area contributed by atoms with Gasteiger partial charge in [-0.1, -0.05) is 12.1 Å². The van der Waals surface area contributed by atoms with Crippen LogP contribution < -0.4 is 9.47 Å². The highest BCUT2D eigenvalue weighted by Crippen LogP contribution is 2.25. The maximum absolute atomic E-state index is 5.27. The number of benzene rings is 1. The van der Waals surface area contributed by atoms with Crippen LogP contribution in [0.1, 0.15) is 12.0 Å². The van der Waals surface area contributed by atoms with Crippen LogP contribution in [0.15, 0.2) is 30.9 Å². The molecule has 1 aromatic carbocycles. The third kappa shape index (κ3) is 2.52. The molecule has 0 aliphatic carbocycles. The van der Waals surface area contributed by atoms with Crippen molar-refractivity contribution in [2.24, 2.45) is 0 Å². The Balaban J connectivity index is 2.87. The van der Waals surface area contributed by atoms with Crippen LogP contribution in [0.2, 0.25) is 0 Å². The third-order valence-corrected chi connectivity index (χ3v) is 2.11. The largest absolute Gasteiger partial charge is 0.497 e. The summed E-state index contributed by atoms with van der Waals surface area (Å²) in [6.45, 7) is 3.70. The molecule has 1 aromatic rings. The van der Waals surface area contributed by atoms with E-state index in [9.17, 15) is 0 Å². The van der Waals surface area contributed by atoms with Gasteiger partial charge in [-0.2, -0.15) is 0 Å². The van der Waals surface area contributed by atoms with Crippen LogP contribution in [0.25, 0.3) is 0 Å². The number of rotatable bonds is 5. The molecule has 0 aliphatic heterocycles. The summed E-state index contributed by atoms with van der Waals surface area (Å²) >= 11 is 0. The molecule has 2 heteroatoms. The minimum Gasteiger partial charge on any atom is -0.497 e. The second-order valence-corrected chi connectivity index (χ2v) is 3.01. The van der Waals surface area contributed by atoms with E-state index in [4.69, 9.17) is 9.47 Å². The molecule has 0 aromatic heterocycles. The second kappa shape index (κ2) is 5.32. The SMILES string of the molecule is C=CCCc1ccc(OC)cc1OC. The van der Waals surface area contributed by atoms with E-state index in [1.54, 1.807) is 14.2 Å². The molecule has 14 heavy (non-hydrogen) atoms. The standard InChI is InChI=1S/C12H16O2/c1-4-5-6-10-7-8-11(13-2)9-12(10)14-3/h4,7-9H,1,5-6H2,2-3H3. The lowest BCUT2D eigenvalue weighted by atomic mass is 10.1. The molecule has 0 radical (unpaired) electrons. The van der Waals surface area contributed by atoms with Crippen molar-refractivity contribution in [3.05, 3.63) is 36.4 Å². The highest BCUT2D eigenvalue weighted by molar-refractivity contribution is 5.40. The molecule has 0 spiro atoms. The van der Waals surface area contributed by atoms with Gasteiger partial charge >= 0.3 is 0 Å². The summed E-state index contributed by atoms with van der Waals surface area (Å²) in [7, 11) is 3.32. The summed E-state index contributed by atoms with van der Waals surface area (Å²) in [6, 6.07) is 5.88. The monoisotopic (exact) mass is 192 g/mol. The van der Waals surface area contributed by atoms with E-state index in [0.717, 1.165) is 24.3 Å². The van der Waals surface area contributed by atoms with Crippen molar-refractivity contribution in [2.45, 2.75) is 12.8 Å². The first kappa shape index (κ1) is 10.6. The quantitative estimate of drug-likeness (QED) is 0.668. The van der Waals surface area contributed by atoms with Gasteiger partial charge in [-0.3, -0.25) is 0 Å². The van der Waals surface area contributed by atoms with Crippen molar-refractivity contribution in [3.8, 4) is 11.5 Å². The van der Waals surface area contributed by atoms with Gasteiger partial charge in [0.15, 0.2) is 0 Å². The molecule has 0 fully saturated rings. The van der Waals surface area contributed by atoms with Crippen LogP contribution >= 0.6 is 0 Å². The predicted octanol–water partition coefficient (Wildman–Crippen LogP) is 2.82. The Bertz CT molecular complexity index is 305. The molecule has 0 unspecified atom stereocenters. The summed E-state index contributed by atoms with van der Waals surface area (Å²) in [6.07, 6.45) is 3.82. The molecule has 2 nitrogen and oxygen atoms in total. The molecule has 0 saturated carbocycles. The Morgan fingerprint density at radius 3 is 2.64 bits per heavy atom. The molecule has 0 N–H and O–H groups in total. The summed E-state index contributed by atoms with van der Waals surface area (Å²) in [5.41, 5.74) is 1.19. The molecular formula is C12H16O2. The molecule has 0 aliphatic rings. The molecule has 1 rings (SSSR count). The van der Waals surface area contributed by atoms with Gasteiger partial charge in [0.2, 0.25) is 0 Å². The lowest BCUT2D eigenvalue weighted by Gasteiger charge is -2.09. The Labute approximate surface area is 85.2 Å². The molecule has 0 heterocycles. The normalized spacial score (nSPS) is 9.57. The van der Waals surface area contributed by atoms with Gasteiger partial charge < -0.3 is 9.47 Å². The molecule has 0 atom stereocenters. The topological polar surface area (TPSA) is 18.5 Å². The molecule has 0 amide bonds. The van der Waals surface area contributed by atoms with E-state index in [-0.39, 0.29) is 0 Å². The zero-order valence-corrected chi connectivity index (χ0v) is 8.75. The fraction of sp³-hybridized carbons (Fsp3) is 0.333. The van der Waals surface area contributed by atoms with Crippen LogP contribution in [0.3, 0.4) is 0 Å². The smallest absolute Gasteiger partial charge is 0.125 e. The Kier molecular flexibility index (Phi) is 4.05. The summed E-state index contributed by atoms with van der Waals surface area (Å²) < 4.78 is 10.4. The van der Waals surface area contributed by atoms with Crippen molar-refractivity contribution in [1.82, 2.24) is 0 Å². The summed E-state index contributed by atoms with van der Waals surface area (Å²) in [5, 5.41) is 0. The lowest BCUT2D eigenvalue weighted by Crippen LogP contribution is -1.93. The van der Waals surface area contributed by atoms with Gasteiger partial charge in [-0.05, 0) is 24.5 Å². The first-order chi connectivity index (χ1) is 6.81. The van der Waals surface area contributed by atoms with Gasteiger partial charge in [0.1, 0.15) is 11.5 Å². The fourth-order valence-corrected chi connectivity index (χ4v) is 1.32. The Morgan fingerprint density at radius 1 is 1.29 bits per heavy atom. The van der Waals surface area contributed by atoms with Crippen molar-refractivity contribution in [3.63, 3.8) is 0 Å². The zero-order valence-electron chi connectivity index (χ0n) is 8.75. The fourth-order valence-electron chi connectivity index (χ4n) is 1.32. The number of allylic oxidation sites excluding steroid dienone is 1. The van der Waals surface area contributed by atoms with E-state index < -0.39 is 0 Å². The van der Waals surface area contributed by atoms with Crippen molar-refractivity contribution in [2.75, 3.05) is 14.2 Å². The molecular weight excluding hydrogens is 176 g/mol. The van der Waals surface area contributed by atoms with Crippen LogP contribution in [-0.4, -0.2) is 14.2 Å². The summed E-state index contributed by atoms with van der Waals surface area (Å²) in [4.78, 5) is 0. The average Bonchev–Trinajstić information content (AvgIpc) is 2.26. The van der Waals surface area contributed by atoms with E-state index >= 15 is 0 Å². The molecule has 0 saturated heterocycles. The number of ether oxygens (including phenoxy) is 2. The van der Waals surface area contributed by atoms with Crippen LogP contribution in [0.4, 0.5) is 0 Å². The van der Waals surface area contributed by atoms with Crippen molar-refractivity contribution < 1.29 is 9.47 Å². The predicted molar refractivity (Wildman–Crippen MR) is 58.1 cm³/mol. The second-order valence-electron chi connectivity index (χ2n) is 3.01. The average molecular weight is 192 g/mol. The van der Waals surface area contributed by atoms with Gasteiger partial charge in [0.05, 0.1) is 14.2 Å². The van der Waals surface area contributed by atoms with Gasteiger partial charge in [-0.15, -0.1) is 6.58 Å². The van der Waals surface area contributed by atoms with Crippen molar-refractivity contribution in [1.29, 1.82) is 0 Å². The van der Waals surface area contributed by atoms with Gasteiger partial charge in [0.25, 0.3) is 0 Å². The van der Waals surface area contributed by atoms with Crippen molar-refractivity contribution >= 4 is 0 Å². The molecule has 0 bridgehead atoms. The van der Waals surface area contributed by atoms with E-state index in [2.05, 4.69) is 6.58 Å². The first-order valence-corrected chi connectivity index (χ1v) is 4.63.